The highest BCUT2D eigenvalue weighted by atomic mass is 79.9. The molecule has 0 bridgehead atoms. The number of fused-ring (bicyclic) bond motifs is 1. The van der Waals surface area contributed by atoms with Crippen LogP contribution in [0.5, 0.6) is 0 Å². The first-order valence-corrected chi connectivity index (χ1v) is 10.1. The fourth-order valence-corrected chi connectivity index (χ4v) is 3.57. The maximum atomic E-state index is 12.8. The van der Waals surface area contributed by atoms with Crippen molar-refractivity contribution in [3.8, 4) is 0 Å². The van der Waals surface area contributed by atoms with Crippen molar-refractivity contribution in [2.75, 3.05) is 16.0 Å². The predicted octanol–water partition coefficient (Wildman–Crippen LogP) is 3.99. The van der Waals surface area contributed by atoms with E-state index in [9.17, 15) is 14.4 Å². The van der Waals surface area contributed by atoms with Crippen LogP contribution in [0.3, 0.4) is 0 Å². The molecule has 1 atom stereocenters. The summed E-state index contributed by atoms with van der Waals surface area (Å²) in [6, 6.07) is 13.8. The van der Waals surface area contributed by atoms with Gasteiger partial charge in [0, 0.05) is 27.3 Å². The smallest absolute Gasteiger partial charge is 0.258 e. The molecule has 0 fully saturated rings. The Balaban J connectivity index is 1.63. The number of rotatable bonds is 4. The highest BCUT2D eigenvalue weighted by Gasteiger charge is 2.34. The van der Waals surface area contributed by atoms with Crippen LogP contribution in [0.1, 0.15) is 17.9 Å². The topological polar surface area (TPSA) is 116 Å². The number of carbonyl (C=O) groups is 2. The van der Waals surface area contributed by atoms with Gasteiger partial charge in [0.2, 0.25) is 17.8 Å². The third-order valence-corrected chi connectivity index (χ3v) is 5.23. The fourth-order valence-electron chi connectivity index (χ4n) is 3.12. The Kier molecular flexibility index (Phi) is 5.56. The highest BCUT2D eigenvalue weighted by molar-refractivity contribution is 9.10. The first-order valence-electron chi connectivity index (χ1n) is 8.92. The van der Waals surface area contributed by atoms with Crippen LogP contribution in [-0.2, 0) is 9.59 Å². The number of carbonyl (C=O) groups excluding carboxylic acids is 2. The lowest BCUT2D eigenvalue weighted by atomic mass is 9.92. The van der Waals surface area contributed by atoms with Gasteiger partial charge in [-0.1, -0.05) is 33.6 Å². The van der Waals surface area contributed by atoms with Gasteiger partial charge < -0.3 is 16.0 Å². The second kappa shape index (κ2) is 8.29. The van der Waals surface area contributed by atoms with Crippen molar-refractivity contribution in [3.63, 3.8) is 0 Å². The normalized spacial score (nSPS) is 15.1. The van der Waals surface area contributed by atoms with Crippen molar-refractivity contribution in [1.29, 1.82) is 0 Å². The number of benzene rings is 2. The Morgan fingerprint density at radius 2 is 1.90 bits per heavy atom. The molecule has 1 aromatic heterocycles. The van der Waals surface area contributed by atoms with E-state index in [0.29, 0.717) is 16.4 Å². The maximum absolute atomic E-state index is 12.8. The minimum Gasteiger partial charge on any atom is -0.326 e. The number of nitrogens with one attached hydrogen (secondary N) is 4. The van der Waals surface area contributed by atoms with E-state index >= 15 is 0 Å². The largest absolute Gasteiger partial charge is 0.326 e. The molecule has 2 amide bonds. The Hall–Kier alpha value is -3.17. The minimum atomic E-state index is -0.964. The SMILES string of the molecule is O=C1CC(C(=O)Nc2ccc(Br)cc2)c2c(nc(Nc3cccc(Cl)c3)[nH]c2=O)N1. The number of aromatic amines is 1. The van der Waals surface area contributed by atoms with Gasteiger partial charge in [0.15, 0.2) is 0 Å². The van der Waals surface area contributed by atoms with Crippen LogP contribution in [0.25, 0.3) is 0 Å². The summed E-state index contributed by atoms with van der Waals surface area (Å²) in [5, 5.41) is 8.75. The summed E-state index contributed by atoms with van der Waals surface area (Å²) >= 11 is 9.30. The molecule has 30 heavy (non-hydrogen) atoms. The summed E-state index contributed by atoms with van der Waals surface area (Å²) in [5.41, 5.74) is 0.762. The van der Waals surface area contributed by atoms with Gasteiger partial charge in [-0.25, -0.2) is 0 Å². The number of hydrogen-bond donors (Lipinski definition) is 4. The van der Waals surface area contributed by atoms with Crippen LogP contribution in [-0.4, -0.2) is 21.8 Å². The van der Waals surface area contributed by atoms with Crippen molar-refractivity contribution < 1.29 is 9.59 Å². The molecule has 0 radical (unpaired) electrons. The second-order valence-electron chi connectivity index (χ2n) is 6.61. The Bertz CT molecular complexity index is 1200. The predicted molar refractivity (Wildman–Crippen MR) is 118 cm³/mol. The van der Waals surface area contributed by atoms with Crippen molar-refractivity contribution in [2.45, 2.75) is 12.3 Å². The van der Waals surface area contributed by atoms with Gasteiger partial charge in [-0.05, 0) is 42.5 Å². The van der Waals surface area contributed by atoms with Gasteiger partial charge >= 0.3 is 0 Å². The van der Waals surface area contributed by atoms with Gasteiger partial charge in [-0.3, -0.25) is 19.4 Å². The average molecular weight is 489 g/mol. The minimum absolute atomic E-state index is 0.0514. The zero-order valence-electron chi connectivity index (χ0n) is 15.3. The van der Waals surface area contributed by atoms with E-state index < -0.39 is 23.3 Å². The van der Waals surface area contributed by atoms with E-state index in [1.165, 1.54) is 0 Å². The molecule has 3 aromatic rings. The Labute approximate surface area is 184 Å². The molecule has 0 spiro atoms. The molecule has 4 rings (SSSR count). The van der Waals surface area contributed by atoms with Gasteiger partial charge in [0.1, 0.15) is 5.82 Å². The molecule has 1 unspecified atom stereocenters. The lowest BCUT2D eigenvalue weighted by molar-refractivity contribution is -0.123. The molecular formula is C20H15BrClN5O3. The zero-order valence-corrected chi connectivity index (χ0v) is 17.7. The van der Waals surface area contributed by atoms with Crippen LogP contribution >= 0.6 is 27.5 Å². The zero-order chi connectivity index (χ0) is 21.3. The first-order chi connectivity index (χ1) is 14.4. The van der Waals surface area contributed by atoms with Gasteiger partial charge in [-0.15, -0.1) is 0 Å². The van der Waals surface area contributed by atoms with E-state index in [1.54, 1.807) is 48.5 Å². The number of halogens is 2. The molecule has 2 aromatic carbocycles. The van der Waals surface area contributed by atoms with Crippen molar-refractivity contribution in [1.82, 2.24) is 9.97 Å². The van der Waals surface area contributed by atoms with Crippen molar-refractivity contribution in [2.24, 2.45) is 0 Å². The third kappa shape index (κ3) is 4.37. The van der Waals surface area contributed by atoms with Crippen molar-refractivity contribution >= 4 is 62.5 Å². The summed E-state index contributed by atoms with van der Waals surface area (Å²) in [7, 11) is 0. The molecule has 10 heteroatoms. The van der Waals surface area contributed by atoms with Crippen LogP contribution in [0.2, 0.25) is 5.02 Å². The lowest BCUT2D eigenvalue weighted by Crippen LogP contribution is -2.36. The van der Waals surface area contributed by atoms with E-state index in [1.807, 2.05) is 0 Å². The average Bonchev–Trinajstić information content (AvgIpc) is 2.68. The number of nitrogens with zero attached hydrogens (tertiary/aromatic N) is 1. The number of aromatic nitrogens is 2. The molecule has 0 aliphatic carbocycles. The van der Waals surface area contributed by atoms with Gasteiger partial charge in [0.25, 0.3) is 5.56 Å². The summed E-state index contributed by atoms with van der Waals surface area (Å²) < 4.78 is 0.864. The summed E-state index contributed by atoms with van der Waals surface area (Å²) in [6.07, 6.45) is -0.152. The van der Waals surface area contributed by atoms with E-state index in [0.717, 1.165) is 4.47 Å². The molecule has 8 nitrogen and oxygen atoms in total. The number of hydrogen-bond acceptors (Lipinski definition) is 5. The Morgan fingerprint density at radius 1 is 1.13 bits per heavy atom. The summed E-state index contributed by atoms with van der Waals surface area (Å²) in [4.78, 5) is 44.6. The number of H-pyrrole nitrogens is 1. The molecule has 4 N–H and O–H groups in total. The molecule has 0 saturated heterocycles. The fraction of sp³-hybridized carbons (Fsp3) is 0.100. The lowest BCUT2D eigenvalue weighted by Gasteiger charge is -2.23. The Morgan fingerprint density at radius 3 is 2.63 bits per heavy atom. The highest BCUT2D eigenvalue weighted by Crippen LogP contribution is 2.30. The first kappa shape index (κ1) is 20.1. The standard InChI is InChI=1S/C20H15BrClN5O3/c21-10-4-6-12(7-5-10)23-18(29)14-9-15(28)25-17-16(14)19(30)27-20(26-17)24-13-3-1-2-11(22)8-13/h1-8,14H,9H2,(H,23,29)(H3,24,25,26,27,28,30). The summed E-state index contributed by atoms with van der Waals surface area (Å²) in [5.74, 6) is -1.65. The van der Waals surface area contributed by atoms with E-state index in [-0.39, 0.29) is 23.8 Å². The number of amides is 2. The molecule has 1 aliphatic heterocycles. The van der Waals surface area contributed by atoms with Crippen LogP contribution in [0.4, 0.5) is 23.1 Å². The third-order valence-electron chi connectivity index (χ3n) is 4.47. The monoisotopic (exact) mass is 487 g/mol. The molecule has 2 heterocycles. The van der Waals surface area contributed by atoms with Gasteiger partial charge in [0.05, 0.1) is 11.5 Å². The summed E-state index contributed by atoms with van der Waals surface area (Å²) in [6.45, 7) is 0. The van der Waals surface area contributed by atoms with E-state index in [4.69, 9.17) is 11.6 Å². The van der Waals surface area contributed by atoms with Crippen LogP contribution < -0.4 is 21.5 Å². The quantitative estimate of drug-likeness (QED) is 0.443. The molecule has 152 valence electrons. The molecular weight excluding hydrogens is 474 g/mol. The van der Waals surface area contributed by atoms with Crippen molar-refractivity contribution in [3.05, 3.63) is 73.9 Å². The second-order valence-corrected chi connectivity index (χ2v) is 7.97. The van der Waals surface area contributed by atoms with E-state index in [2.05, 4.69) is 41.8 Å². The molecule has 0 saturated carbocycles. The maximum Gasteiger partial charge on any atom is 0.258 e. The van der Waals surface area contributed by atoms with Crippen LogP contribution in [0, 0.1) is 0 Å². The number of anilines is 4. The van der Waals surface area contributed by atoms with Gasteiger partial charge in [-0.2, -0.15) is 4.98 Å². The van der Waals surface area contributed by atoms with Crippen LogP contribution in [0.15, 0.2) is 57.8 Å². The molecule has 1 aliphatic rings.